The van der Waals surface area contributed by atoms with Crippen LogP contribution < -0.4 is 0 Å². The Balaban J connectivity index is 0.000000279. The van der Waals surface area contributed by atoms with Crippen molar-refractivity contribution in [2.75, 3.05) is 19.8 Å². The number of carboxylic acids is 1. The minimum absolute atomic E-state index is 0.241. The number of fused-ring (bicyclic) bond motifs is 1. The zero-order valence-corrected chi connectivity index (χ0v) is 15.7. The fourth-order valence-electron chi connectivity index (χ4n) is 3.61. The zero-order valence-electron chi connectivity index (χ0n) is 15.7. The molecule has 1 aromatic heterocycles. The maximum Gasteiger partial charge on any atom is 0.490 e. The highest BCUT2D eigenvalue weighted by Gasteiger charge is 2.44. The molecule has 2 aliphatic carbocycles. The number of carbonyl (C=O) groups is 1. The zero-order chi connectivity index (χ0) is 20.3. The number of aliphatic carboxylic acids is 1. The lowest BCUT2D eigenvalue weighted by Gasteiger charge is -2.38. The fraction of sp³-hybridized carbons (Fsp3) is 0.778. The van der Waals surface area contributed by atoms with Crippen LogP contribution >= 0.6 is 0 Å². The summed E-state index contributed by atoms with van der Waals surface area (Å²) in [5.74, 6) is -1.05. The SMILES string of the molecule is Cc1cc(CN2CCO[C@H]3[C@H](OCC4CC4)CC[C@@H]32)no1.O=C(O)C(F)(F)F. The van der Waals surface area contributed by atoms with E-state index in [4.69, 9.17) is 23.9 Å². The third-order valence-corrected chi connectivity index (χ3v) is 5.18. The van der Waals surface area contributed by atoms with Gasteiger partial charge in [-0.05, 0) is 38.5 Å². The molecule has 0 spiro atoms. The molecule has 28 heavy (non-hydrogen) atoms. The first-order valence-electron chi connectivity index (χ1n) is 9.43. The summed E-state index contributed by atoms with van der Waals surface area (Å²) in [5, 5.41) is 11.2. The first kappa shape index (κ1) is 21.1. The quantitative estimate of drug-likeness (QED) is 0.805. The molecule has 7 nitrogen and oxygen atoms in total. The number of hydrogen-bond acceptors (Lipinski definition) is 6. The Morgan fingerprint density at radius 3 is 2.64 bits per heavy atom. The summed E-state index contributed by atoms with van der Waals surface area (Å²) in [6.45, 7) is 5.50. The van der Waals surface area contributed by atoms with Crippen LogP contribution in [0.5, 0.6) is 0 Å². The smallest absolute Gasteiger partial charge is 0.475 e. The molecule has 0 unspecified atom stereocenters. The van der Waals surface area contributed by atoms with Gasteiger partial charge in [0, 0.05) is 31.8 Å². The Bertz CT molecular complexity index is 662. The van der Waals surface area contributed by atoms with Crippen LogP contribution in [0.2, 0.25) is 0 Å². The summed E-state index contributed by atoms with van der Waals surface area (Å²) in [5.41, 5.74) is 1.02. The van der Waals surface area contributed by atoms with E-state index in [1.54, 1.807) is 0 Å². The van der Waals surface area contributed by atoms with Gasteiger partial charge in [0.25, 0.3) is 0 Å². The topological polar surface area (TPSA) is 85.0 Å². The molecular weight excluding hydrogens is 381 g/mol. The maximum absolute atomic E-state index is 10.6. The predicted octanol–water partition coefficient (Wildman–Crippen LogP) is 2.77. The highest BCUT2D eigenvalue weighted by molar-refractivity contribution is 5.73. The molecular formula is C18H25F3N2O5. The molecule has 1 N–H and O–H groups in total. The number of aromatic nitrogens is 1. The molecule has 1 saturated heterocycles. The first-order chi connectivity index (χ1) is 13.2. The first-order valence-corrected chi connectivity index (χ1v) is 9.43. The standard InChI is InChI=1S/C16H24N2O3.C2HF3O2/c1-11-8-13(17-21-11)9-18-6-7-19-16-14(18)4-5-15(16)20-10-12-2-3-12;3-2(4,5)1(6)7/h8,12,14-16H,2-7,9-10H2,1H3;(H,6,7)/t14-,15+,16+;/m0./s1. The fourth-order valence-corrected chi connectivity index (χ4v) is 3.61. The van der Waals surface area contributed by atoms with Gasteiger partial charge in [-0.2, -0.15) is 13.2 Å². The van der Waals surface area contributed by atoms with Gasteiger partial charge >= 0.3 is 12.1 Å². The van der Waals surface area contributed by atoms with Crippen molar-refractivity contribution in [2.24, 2.45) is 5.92 Å². The highest BCUT2D eigenvalue weighted by atomic mass is 19.4. The van der Waals surface area contributed by atoms with Crippen LogP contribution in [0.4, 0.5) is 13.2 Å². The van der Waals surface area contributed by atoms with Gasteiger partial charge in [0.2, 0.25) is 0 Å². The van der Waals surface area contributed by atoms with Crippen molar-refractivity contribution in [2.45, 2.75) is 63.6 Å². The van der Waals surface area contributed by atoms with Gasteiger partial charge in [0.15, 0.2) is 0 Å². The van der Waals surface area contributed by atoms with E-state index in [0.717, 1.165) is 56.5 Å². The van der Waals surface area contributed by atoms with Crippen LogP contribution in [0.25, 0.3) is 0 Å². The molecule has 0 bridgehead atoms. The third-order valence-electron chi connectivity index (χ3n) is 5.18. The van der Waals surface area contributed by atoms with E-state index < -0.39 is 12.1 Å². The average molecular weight is 406 g/mol. The minimum Gasteiger partial charge on any atom is -0.475 e. The number of nitrogens with zero attached hydrogens (tertiary/aromatic N) is 2. The van der Waals surface area contributed by atoms with Crippen LogP contribution in [0.1, 0.15) is 37.1 Å². The second-order valence-electron chi connectivity index (χ2n) is 7.50. The van der Waals surface area contributed by atoms with Gasteiger partial charge < -0.3 is 19.1 Å². The van der Waals surface area contributed by atoms with Crippen LogP contribution in [0, 0.1) is 12.8 Å². The van der Waals surface area contributed by atoms with Crippen molar-refractivity contribution in [3.63, 3.8) is 0 Å². The van der Waals surface area contributed by atoms with Crippen molar-refractivity contribution in [3.8, 4) is 0 Å². The maximum atomic E-state index is 10.6. The van der Waals surface area contributed by atoms with Crippen LogP contribution in [0.15, 0.2) is 10.6 Å². The molecule has 10 heteroatoms. The van der Waals surface area contributed by atoms with Crippen LogP contribution in [-0.4, -0.2) is 65.3 Å². The second kappa shape index (κ2) is 8.79. The van der Waals surface area contributed by atoms with Crippen LogP contribution in [-0.2, 0) is 20.8 Å². The molecule has 1 aromatic rings. The Morgan fingerprint density at radius 2 is 2.07 bits per heavy atom. The number of alkyl halides is 3. The van der Waals surface area contributed by atoms with Gasteiger partial charge in [-0.1, -0.05) is 5.16 Å². The second-order valence-corrected chi connectivity index (χ2v) is 7.50. The highest BCUT2D eigenvalue weighted by Crippen LogP contribution is 2.35. The molecule has 0 amide bonds. The number of aryl methyl sites for hydroxylation is 1. The van der Waals surface area contributed by atoms with E-state index in [1.807, 2.05) is 13.0 Å². The summed E-state index contributed by atoms with van der Waals surface area (Å²) in [7, 11) is 0. The third kappa shape index (κ3) is 5.68. The van der Waals surface area contributed by atoms with E-state index >= 15 is 0 Å². The molecule has 4 rings (SSSR count). The Morgan fingerprint density at radius 1 is 1.36 bits per heavy atom. The molecule has 158 valence electrons. The summed E-state index contributed by atoms with van der Waals surface area (Å²) in [6, 6.07) is 2.50. The summed E-state index contributed by atoms with van der Waals surface area (Å²) < 4.78 is 49.1. The minimum atomic E-state index is -5.08. The molecule has 1 aliphatic heterocycles. The monoisotopic (exact) mass is 406 g/mol. The van der Waals surface area contributed by atoms with Gasteiger partial charge in [0.05, 0.1) is 24.5 Å². The van der Waals surface area contributed by atoms with Crippen molar-refractivity contribution in [1.29, 1.82) is 0 Å². The lowest BCUT2D eigenvalue weighted by molar-refractivity contribution is -0.192. The molecule has 3 aliphatic rings. The molecule has 2 heterocycles. The summed E-state index contributed by atoms with van der Waals surface area (Å²) in [6.07, 6.45) is 0.425. The lowest BCUT2D eigenvalue weighted by atomic mass is 10.1. The molecule has 3 fully saturated rings. The van der Waals surface area contributed by atoms with Crippen molar-refractivity contribution in [3.05, 3.63) is 17.5 Å². The van der Waals surface area contributed by atoms with Gasteiger partial charge in [-0.3, -0.25) is 4.90 Å². The number of hydrogen-bond donors (Lipinski definition) is 1. The number of carboxylic acid groups (broad SMARTS) is 1. The Kier molecular flexibility index (Phi) is 6.61. The van der Waals surface area contributed by atoms with Gasteiger partial charge in [-0.25, -0.2) is 4.79 Å². The van der Waals surface area contributed by atoms with Crippen molar-refractivity contribution in [1.82, 2.24) is 10.1 Å². The molecule has 0 radical (unpaired) electrons. The lowest BCUT2D eigenvalue weighted by Crippen LogP contribution is -2.51. The van der Waals surface area contributed by atoms with E-state index in [-0.39, 0.29) is 12.2 Å². The van der Waals surface area contributed by atoms with Gasteiger partial charge in [0.1, 0.15) is 5.76 Å². The summed E-state index contributed by atoms with van der Waals surface area (Å²) >= 11 is 0. The van der Waals surface area contributed by atoms with E-state index in [2.05, 4.69) is 10.1 Å². The molecule has 2 saturated carbocycles. The largest absolute Gasteiger partial charge is 0.490 e. The number of morpholine rings is 1. The Labute approximate surface area is 160 Å². The molecule has 0 aromatic carbocycles. The predicted molar refractivity (Wildman–Crippen MR) is 90.6 cm³/mol. The van der Waals surface area contributed by atoms with Crippen molar-refractivity contribution >= 4 is 5.97 Å². The average Bonchev–Trinajstić information content (AvgIpc) is 3.22. The van der Waals surface area contributed by atoms with Crippen molar-refractivity contribution < 1.29 is 37.1 Å². The Hall–Kier alpha value is -1.65. The van der Waals surface area contributed by atoms with E-state index in [1.165, 1.54) is 12.8 Å². The normalized spacial score (nSPS) is 27.8. The molecule has 3 atom stereocenters. The summed E-state index contributed by atoms with van der Waals surface area (Å²) in [4.78, 5) is 11.4. The number of halogens is 3. The van der Waals surface area contributed by atoms with E-state index in [0.29, 0.717) is 6.04 Å². The van der Waals surface area contributed by atoms with Gasteiger partial charge in [-0.15, -0.1) is 0 Å². The number of ether oxygens (including phenoxy) is 2. The van der Waals surface area contributed by atoms with Crippen LogP contribution in [0.3, 0.4) is 0 Å². The van der Waals surface area contributed by atoms with E-state index in [9.17, 15) is 13.2 Å². The number of rotatable bonds is 5.